The normalized spacial score (nSPS) is 38.6. The van der Waals surface area contributed by atoms with E-state index in [1.54, 1.807) is 0 Å². The van der Waals surface area contributed by atoms with Gasteiger partial charge in [0.25, 0.3) is 0 Å². The highest BCUT2D eigenvalue weighted by atomic mass is 16.5. The van der Waals surface area contributed by atoms with E-state index in [9.17, 15) is 5.11 Å². The molecule has 2 heteroatoms. The van der Waals surface area contributed by atoms with Gasteiger partial charge in [0.2, 0.25) is 0 Å². The predicted octanol–water partition coefficient (Wildman–Crippen LogP) is 1.49. The Morgan fingerprint density at radius 3 is 2.82 bits per heavy atom. The van der Waals surface area contributed by atoms with E-state index in [4.69, 9.17) is 4.74 Å². The molecule has 0 spiro atoms. The number of rotatable bonds is 2. The summed E-state index contributed by atoms with van der Waals surface area (Å²) in [6.45, 7) is 4.02. The van der Waals surface area contributed by atoms with Gasteiger partial charge in [-0.3, -0.25) is 0 Å². The van der Waals surface area contributed by atoms with Crippen molar-refractivity contribution in [2.75, 3.05) is 0 Å². The Labute approximate surface area is 67.9 Å². The van der Waals surface area contributed by atoms with Crippen molar-refractivity contribution >= 4 is 0 Å². The van der Waals surface area contributed by atoms with Gasteiger partial charge in [0.05, 0.1) is 12.2 Å². The molecule has 11 heavy (non-hydrogen) atoms. The van der Waals surface area contributed by atoms with Gasteiger partial charge in [-0.15, -0.1) is 0 Å². The van der Waals surface area contributed by atoms with Gasteiger partial charge in [-0.05, 0) is 13.3 Å². The van der Waals surface area contributed by atoms with Crippen LogP contribution in [-0.2, 0) is 4.74 Å². The third-order valence-corrected chi connectivity index (χ3v) is 2.07. The number of aliphatic hydroxyl groups excluding tert-OH is 1. The van der Waals surface area contributed by atoms with Crippen LogP contribution in [0, 0.1) is 0 Å². The van der Waals surface area contributed by atoms with Crippen LogP contribution in [0.25, 0.3) is 0 Å². The summed E-state index contributed by atoms with van der Waals surface area (Å²) < 4.78 is 5.53. The molecular formula is C9H16O2. The SMILES string of the molecule is C/C=C/[C@@H]1O[C@H](CC)C[C@@H]1O. The number of allylic oxidation sites excluding steroid dienone is 1. The Kier molecular flexibility index (Phi) is 3.09. The summed E-state index contributed by atoms with van der Waals surface area (Å²) in [6, 6.07) is 0. The zero-order valence-corrected chi connectivity index (χ0v) is 7.16. The maximum Gasteiger partial charge on any atom is 0.102 e. The number of aliphatic hydroxyl groups is 1. The molecule has 3 atom stereocenters. The van der Waals surface area contributed by atoms with Crippen molar-refractivity contribution in [1.82, 2.24) is 0 Å². The second-order valence-electron chi connectivity index (χ2n) is 2.96. The van der Waals surface area contributed by atoms with Crippen molar-refractivity contribution in [3.63, 3.8) is 0 Å². The molecule has 0 saturated carbocycles. The maximum absolute atomic E-state index is 9.45. The molecule has 1 saturated heterocycles. The number of hydrogen-bond acceptors (Lipinski definition) is 2. The van der Waals surface area contributed by atoms with Crippen molar-refractivity contribution in [2.24, 2.45) is 0 Å². The zero-order valence-electron chi connectivity index (χ0n) is 7.16. The van der Waals surface area contributed by atoms with Crippen LogP contribution < -0.4 is 0 Å². The Morgan fingerprint density at radius 2 is 2.36 bits per heavy atom. The van der Waals surface area contributed by atoms with Crippen LogP contribution in [0.4, 0.5) is 0 Å². The Morgan fingerprint density at radius 1 is 1.64 bits per heavy atom. The maximum atomic E-state index is 9.45. The van der Waals surface area contributed by atoms with Crippen LogP contribution in [0.5, 0.6) is 0 Å². The molecule has 1 rings (SSSR count). The minimum Gasteiger partial charge on any atom is -0.390 e. The molecular weight excluding hydrogens is 140 g/mol. The quantitative estimate of drug-likeness (QED) is 0.614. The summed E-state index contributed by atoms with van der Waals surface area (Å²) in [7, 11) is 0. The van der Waals surface area contributed by atoms with Crippen LogP contribution in [0.2, 0.25) is 0 Å². The number of ether oxygens (including phenoxy) is 1. The molecule has 1 N–H and O–H groups in total. The molecule has 0 unspecified atom stereocenters. The highest BCUT2D eigenvalue weighted by Crippen LogP contribution is 2.23. The Hall–Kier alpha value is -0.340. The molecule has 0 aromatic rings. The average Bonchev–Trinajstić information content (AvgIpc) is 2.33. The summed E-state index contributed by atoms with van der Waals surface area (Å²) in [6.07, 6.45) is 5.51. The lowest BCUT2D eigenvalue weighted by molar-refractivity contribution is 0.0387. The van der Waals surface area contributed by atoms with Crippen LogP contribution in [0.15, 0.2) is 12.2 Å². The Bertz CT molecular complexity index is 142. The van der Waals surface area contributed by atoms with Gasteiger partial charge in [0.1, 0.15) is 6.10 Å². The first-order chi connectivity index (χ1) is 5.27. The molecule has 2 nitrogen and oxygen atoms in total. The second-order valence-corrected chi connectivity index (χ2v) is 2.96. The standard InChI is InChI=1S/C9H16O2/c1-3-5-9-8(10)6-7(4-2)11-9/h3,5,7-10H,4,6H2,1-2H3/b5-3+/t7-,8+,9+/m1/s1. The molecule has 0 radical (unpaired) electrons. The van der Waals surface area contributed by atoms with Gasteiger partial charge in [0.15, 0.2) is 0 Å². The van der Waals surface area contributed by atoms with E-state index in [-0.39, 0.29) is 18.3 Å². The molecule has 0 aromatic heterocycles. The second kappa shape index (κ2) is 3.88. The van der Waals surface area contributed by atoms with Crippen molar-refractivity contribution in [3.8, 4) is 0 Å². The van der Waals surface area contributed by atoms with E-state index in [0.29, 0.717) is 0 Å². The average molecular weight is 156 g/mol. The highest BCUT2D eigenvalue weighted by Gasteiger charge is 2.30. The van der Waals surface area contributed by atoms with Crippen LogP contribution in [0.3, 0.4) is 0 Å². The van der Waals surface area contributed by atoms with Crippen LogP contribution >= 0.6 is 0 Å². The summed E-state index contributed by atoms with van der Waals surface area (Å²) in [4.78, 5) is 0. The smallest absolute Gasteiger partial charge is 0.102 e. The topological polar surface area (TPSA) is 29.5 Å². The minimum atomic E-state index is -0.295. The molecule has 1 fully saturated rings. The number of hydrogen-bond donors (Lipinski definition) is 1. The lowest BCUT2D eigenvalue weighted by Crippen LogP contribution is -2.17. The monoisotopic (exact) mass is 156 g/mol. The fourth-order valence-corrected chi connectivity index (χ4v) is 1.40. The third kappa shape index (κ3) is 2.04. The van der Waals surface area contributed by atoms with Gasteiger partial charge in [0, 0.05) is 6.42 Å². The largest absolute Gasteiger partial charge is 0.390 e. The van der Waals surface area contributed by atoms with E-state index in [0.717, 1.165) is 12.8 Å². The molecule has 1 heterocycles. The molecule has 1 aliphatic heterocycles. The van der Waals surface area contributed by atoms with Crippen LogP contribution in [-0.4, -0.2) is 23.4 Å². The molecule has 0 aromatic carbocycles. The fourth-order valence-electron chi connectivity index (χ4n) is 1.40. The lowest BCUT2D eigenvalue weighted by atomic mass is 10.1. The fraction of sp³-hybridized carbons (Fsp3) is 0.778. The summed E-state index contributed by atoms with van der Waals surface area (Å²) in [5.41, 5.74) is 0. The molecule has 1 aliphatic rings. The van der Waals surface area contributed by atoms with E-state index in [1.165, 1.54) is 0 Å². The predicted molar refractivity (Wildman–Crippen MR) is 44.4 cm³/mol. The zero-order chi connectivity index (χ0) is 8.27. The summed E-state index contributed by atoms with van der Waals surface area (Å²) >= 11 is 0. The van der Waals surface area contributed by atoms with Gasteiger partial charge in [-0.1, -0.05) is 19.1 Å². The minimum absolute atomic E-state index is 0.0649. The van der Waals surface area contributed by atoms with E-state index in [1.807, 2.05) is 19.1 Å². The van der Waals surface area contributed by atoms with Gasteiger partial charge < -0.3 is 9.84 Å². The molecule has 64 valence electrons. The van der Waals surface area contributed by atoms with Crippen molar-refractivity contribution < 1.29 is 9.84 Å². The highest BCUT2D eigenvalue weighted by molar-refractivity contribution is 4.96. The lowest BCUT2D eigenvalue weighted by Gasteiger charge is -2.08. The molecule has 0 bridgehead atoms. The van der Waals surface area contributed by atoms with Crippen molar-refractivity contribution in [1.29, 1.82) is 0 Å². The van der Waals surface area contributed by atoms with E-state index >= 15 is 0 Å². The third-order valence-electron chi connectivity index (χ3n) is 2.07. The van der Waals surface area contributed by atoms with Gasteiger partial charge >= 0.3 is 0 Å². The first-order valence-electron chi connectivity index (χ1n) is 4.24. The summed E-state index contributed by atoms with van der Waals surface area (Å²) in [5.74, 6) is 0. The molecule has 0 aliphatic carbocycles. The van der Waals surface area contributed by atoms with Crippen molar-refractivity contribution in [2.45, 2.75) is 45.0 Å². The van der Waals surface area contributed by atoms with Gasteiger partial charge in [-0.25, -0.2) is 0 Å². The van der Waals surface area contributed by atoms with E-state index < -0.39 is 0 Å². The Balaban J connectivity index is 2.44. The molecule has 0 amide bonds. The first kappa shape index (κ1) is 8.75. The first-order valence-corrected chi connectivity index (χ1v) is 4.24. The van der Waals surface area contributed by atoms with E-state index in [2.05, 4.69) is 6.92 Å². The van der Waals surface area contributed by atoms with Gasteiger partial charge in [-0.2, -0.15) is 0 Å². The van der Waals surface area contributed by atoms with Crippen LogP contribution in [0.1, 0.15) is 26.7 Å². The summed E-state index contributed by atoms with van der Waals surface area (Å²) in [5, 5.41) is 9.45. The van der Waals surface area contributed by atoms with Crippen molar-refractivity contribution in [3.05, 3.63) is 12.2 Å².